The molecule has 1 aromatic carbocycles. The van der Waals surface area contributed by atoms with E-state index >= 15 is 0 Å². The number of aliphatic hydroxyl groups excluding tert-OH is 2. The van der Waals surface area contributed by atoms with E-state index in [1.165, 1.54) is 6.08 Å². The summed E-state index contributed by atoms with van der Waals surface area (Å²) in [7, 11) is 0. The second-order valence-electron chi connectivity index (χ2n) is 8.77. The Hall–Kier alpha value is -1.64. The van der Waals surface area contributed by atoms with Crippen molar-refractivity contribution in [3.63, 3.8) is 0 Å². The number of carbonyl (C=O) groups is 2. The molecule has 2 aliphatic rings. The summed E-state index contributed by atoms with van der Waals surface area (Å²) in [4.78, 5) is 30.9. The summed E-state index contributed by atoms with van der Waals surface area (Å²) in [5.41, 5.74) is 0.790. The Morgan fingerprint density at radius 3 is 2.61 bits per heavy atom. The number of halogens is 2. The molecule has 2 amide bonds. The third-order valence-corrected chi connectivity index (χ3v) is 7.19. The van der Waals surface area contributed by atoms with Gasteiger partial charge < -0.3 is 24.9 Å². The van der Waals surface area contributed by atoms with Crippen LogP contribution in [0.2, 0.25) is 10.0 Å². The summed E-state index contributed by atoms with van der Waals surface area (Å²) in [6.45, 7) is 4.53. The maximum Gasteiger partial charge on any atom is 0.246 e. The van der Waals surface area contributed by atoms with Gasteiger partial charge in [0.2, 0.25) is 11.8 Å². The molecular formula is C24H33Cl2N3O4. The van der Waals surface area contributed by atoms with Gasteiger partial charge in [-0.15, -0.1) is 0 Å². The van der Waals surface area contributed by atoms with Crippen LogP contribution >= 0.6 is 23.2 Å². The highest BCUT2D eigenvalue weighted by molar-refractivity contribution is 6.42. The molecular weight excluding hydrogens is 465 g/mol. The number of hydrogen-bond acceptors (Lipinski definition) is 5. The van der Waals surface area contributed by atoms with Gasteiger partial charge in [-0.3, -0.25) is 9.59 Å². The molecule has 0 bridgehead atoms. The van der Waals surface area contributed by atoms with E-state index in [1.807, 2.05) is 4.90 Å². The highest BCUT2D eigenvalue weighted by Gasteiger charge is 2.27. The number of carbonyl (C=O) groups excluding carboxylic acids is 2. The molecule has 0 radical (unpaired) electrons. The van der Waals surface area contributed by atoms with Crippen LogP contribution in [0.1, 0.15) is 31.2 Å². The Morgan fingerprint density at radius 2 is 1.88 bits per heavy atom. The standard InChI is InChI=1S/C24H33Cl2N3O4/c25-20-5-3-18(15-21(20)26)4-6-23(32)29-12-8-24(33)28(13-14-29)10-2-1-9-27-11-7-19(17-30)22(31)16-27/h3-6,15,19,22,30-31H,1-2,7-14,16-17H2/b6-4+/t19-,22-/m1/s1. The number of unbranched alkanes of at least 4 members (excludes halogenated alkanes) is 1. The van der Waals surface area contributed by atoms with E-state index in [1.54, 1.807) is 29.2 Å². The van der Waals surface area contributed by atoms with Crippen LogP contribution in [0.5, 0.6) is 0 Å². The minimum Gasteiger partial charge on any atom is -0.396 e. The van der Waals surface area contributed by atoms with Crippen molar-refractivity contribution in [1.82, 2.24) is 14.7 Å². The van der Waals surface area contributed by atoms with Gasteiger partial charge in [-0.05, 0) is 56.1 Å². The molecule has 2 aliphatic heterocycles. The van der Waals surface area contributed by atoms with Crippen molar-refractivity contribution < 1.29 is 19.8 Å². The zero-order chi connectivity index (χ0) is 23.8. The summed E-state index contributed by atoms with van der Waals surface area (Å²) in [5, 5.41) is 20.2. The molecule has 0 aromatic heterocycles. The van der Waals surface area contributed by atoms with Crippen molar-refractivity contribution in [2.45, 2.75) is 31.8 Å². The number of nitrogens with zero attached hydrogens (tertiary/aromatic N) is 3. The smallest absolute Gasteiger partial charge is 0.246 e. The van der Waals surface area contributed by atoms with E-state index in [2.05, 4.69) is 4.90 Å². The molecule has 2 atom stereocenters. The van der Waals surface area contributed by atoms with Crippen LogP contribution in [0, 0.1) is 5.92 Å². The number of hydrogen-bond donors (Lipinski definition) is 2. The number of rotatable bonds is 8. The van der Waals surface area contributed by atoms with Gasteiger partial charge in [0.25, 0.3) is 0 Å². The van der Waals surface area contributed by atoms with Gasteiger partial charge in [0.1, 0.15) is 0 Å². The first-order chi connectivity index (χ1) is 15.9. The number of likely N-dealkylation sites (tertiary alicyclic amines) is 1. The summed E-state index contributed by atoms with van der Waals surface area (Å²) in [6, 6.07) is 5.19. The maximum absolute atomic E-state index is 12.6. The molecule has 0 aliphatic carbocycles. The molecule has 7 nitrogen and oxygen atoms in total. The fourth-order valence-corrected chi connectivity index (χ4v) is 4.62. The van der Waals surface area contributed by atoms with Crippen molar-refractivity contribution >= 4 is 41.1 Å². The molecule has 2 fully saturated rings. The number of aliphatic hydroxyl groups is 2. The van der Waals surface area contributed by atoms with Crippen LogP contribution < -0.4 is 0 Å². The highest BCUT2D eigenvalue weighted by Crippen LogP contribution is 2.23. The summed E-state index contributed by atoms with van der Waals surface area (Å²) in [6.07, 6.45) is 5.70. The van der Waals surface area contributed by atoms with Gasteiger partial charge in [0.15, 0.2) is 0 Å². The Balaban J connectivity index is 1.40. The SMILES string of the molecule is O=C(/C=C/c1ccc(Cl)c(Cl)c1)N1CCC(=O)N(CCCCN2CC[C@H](CO)[C@H](O)C2)CC1. The third kappa shape index (κ3) is 7.69. The van der Waals surface area contributed by atoms with Crippen molar-refractivity contribution in [2.24, 2.45) is 5.92 Å². The minimum atomic E-state index is -0.467. The van der Waals surface area contributed by atoms with Crippen molar-refractivity contribution in [3.05, 3.63) is 39.9 Å². The lowest BCUT2D eigenvalue weighted by molar-refractivity contribution is -0.130. The minimum absolute atomic E-state index is 0.0135. The lowest BCUT2D eigenvalue weighted by atomic mass is 9.94. The third-order valence-electron chi connectivity index (χ3n) is 6.45. The molecule has 33 heavy (non-hydrogen) atoms. The van der Waals surface area contributed by atoms with Gasteiger partial charge in [0.05, 0.1) is 16.1 Å². The summed E-state index contributed by atoms with van der Waals surface area (Å²) in [5.74, 6) is -0.0565. The van der Waals surface area contributed by atoms with E-state index in [9.17, 15) is 19.8 Å². The summed E-state index contributed by atoms with van der Waals surface area (Å²) >= 11 is 11.9. The van der Waals surface area contributed by atoms with Gasteiger partial charge in [-0.1, -0.05) is 29.3 Å². The molecule has 1 aromatic rings. The predicted molar refractivity (Wildman–Crippen MR) is 130 cm³/mol. The largest absolute Gasteiger partial charge is 0.396 e. The molecule has 9 heteroatoms. The molecule has 0 saturated carbocycles. The van der Waals surface area contributed by atoms with Crippen molar-refractivity contribution in [2.75, 3.05) is 52.4 Å². The summed E-state index contributed by atoms with van der Waals surface area (Å²) < 4.78 is 0. The maximum atomic E-state index is 12.6. The number of β-amino-alcohol motifs (C(OH)–C–C–N with tert-alkyl or cyclic N) is 1. The van der Waals surface area contributed by atoms with Crippen molar-refractivity contribution in [1.29, 1.82) is 0 Å². The second-order valence-corrected chi connectivity index (χ2v) is 9.58. The molecule has 182 valence electrons. The van der Waals surface area contributed by atoms with Crippen molar-refractivity contribution in [3.8, 4) is 0 Å². The fourth-order valence-electron chi connectivity index (χ4n) is 4.31. The quantitative estimate of drug-likeness (QED) is 0.425. The highest BCUT2D eigenvalue weighted by atomic mass is 35.5. The topological polar surface area (TPSA) is 84.3 Å². The van der Waals surface area contributed by atoms with Gasteiger partial charge in [-0.2, -0.15) is 0 Å². The van der Waals surface area contributed by atoms with Crippen LogP contribution in [0.25, 0.3) is 6.08 Å². The Labute approximate surface area is 205 Å². The van der Waals surface area contributed by atoms with E-state index in [-0.39, 0.29) is 24.3 Å². The number of piperidine rings is 1. The lowest BCUT2D eigenvalue weighted by Gasteiger charge is -2.35. The Morgan fingerprint density at radius 1 is 1.09 bits per heavy atom. The lowest BCUT2D eigenvalue weighted by Crippen LogP contribution is -2.45. The van der Waals surface area contributed by atoms with Gasteiger partial charge in [0, 0.05) is 57.7 Å². The van der Waals surface area contributed by atoms with Crippen LogP contribution in [0.15, 0.2) is 24.3 Å². The van der Waals surface area contributed by atoms with E-state index in [0.29, 0.717) is 49.2 Å². The normalized spacial score (nSPS) is 22.7. The molecule has 0 unspecified atom stereocenters. The van der Waals surface area contributed by atoms with Crippen LogP contribution in [0.4, 0.5) is 0 Å². The molecule has 3 rings (SSSR count). The van der Waals surface area contributed by atoms with E-state index in [4.69, 9.17) is 23.2 Å². The second kappa shape index (κ2) is 12.7. The predicted octanol–water partition coefficient (Wildman–Crippen LogP) is 2.52. The van der Waals surface area contributed by atoms with E-state index in [0.717, 1.165) is 37.9 Å². The van der Waals surface area contributed by atoms with E-state index < -0.39 is 6.10 Å². The van der Waals surface area contributed by atoms with Gasteiger partial charge in [-0.25, -0.2) is 0 Å². The first-order valence-corrected chi connectivity index (χ1v) is 12.3. The molecule has 2 N–H and O–H groups in total. The monoisotopic (exact) mass is 497 g/mol. The first kappa shape index (κ1) is 26.0. The Kier molecular flexibility index (Phi) is 10.0. The first-order valence-electron chi connectivity index (χ1n) is 11.6. The zero-order valence-electron chi connectivity index (χ0n) is 18.8. The van der Waals surface area contributed by atoms with Crippen LogP contribution in [0.3, 0.4) is 0 Å². The Bertz CT molecular complexity index is 851. The zero-order valence-corrected chi connectivity index (χ0v) is 20.3. The molecule has 2 saturated heterocycles. The average Bonchev–Trinajstić information content (AvgIpc) is 2.99. The fraction of sp³-hybridized carbons (Fsp3) is 0.583. The number of benzene rings is 1. The average molecular weight is 498 g/mol. The van der Waals surface area contributed by atoms with Crippen LogP contribution in [-0.2, 0) is 9.59 Å². The molecule has 2 heterocycles. The number of amides is 2. The van der Waals surface area contributed by atoms with Gasteiger partial charge >= 0.3 is 0 Å². The van der Waals surface area contributed by atoms with Crippen LogP contribution in [-0.4, -0.2) is 95.3 Å². The molecule has 0 spiro atoms.